The van der Waals surface area contributed by atoms with E-state index in [9.17, 15) is 0 Å². The average molecular weight is 194 g/mol. The molecule has 0 N–H and O–H groups in total. The summed E-state index contributed by atoms with van der Waals surface area (Å²) in [4.78, 5) is 0. The van der Waals surface area contributed by atoms with E-state index in [0.29, 0.717) is 5.41 Å². The van der Waals surface area contributed by atoms with Gasteiger partial charge in [-0.15, -0.1) is 0 Å². The first-order chi connectivity index (χ1) is 6.66. The summed E-state index contributed by atoms with van der Waals surface area (Å²) in [5, 5.41) is 0. The number of hydrogen-bond acceptors (Lipinski definition) is 1. The van der Waals surface area contributed by atoms with Crippen molar-refractivity contribution in [2.75, 3.05) is 7.11 Å². The molecule has 2 aliphatic carbocycles. The van der Waals surface area contributed by atoms with Gasteiger partial charge >= 0.3 is 0 Å². The predicted molar refractivity (Wildman–Crippen MR) is 58.9 cm³/mol. The fraction of sp³-hybridized carbons (Fsp3) is 0.846. The maximum absolute atomic E-state index is 5.15. The number of allylic oxidation sites excluding steroid dienone is 1. The molecule has 2 aliphatic rings. The highest BCUT2D eigenvalue weighted by Crippen LogP contribution is 2.56. The van der Waals surface area contributed by atoms with Gasteiger partial charge in [-0.25, -0.2) is 0 Å². The van der Waals surface area contributed by atoms with E-state index in [-0.39, 0.29) is 0 Å². The lowest BCUT2D eigenvalue weighted by Crippen LogP contribution is -2.33. The summed E-state index contributed by atoms with van der Waals surface area (Å²) in [7, 11) is 1.76. The van der Waals surface area contributed by atoms with Crippen molar-refractivity contribution in [3.05, 3.63) is 11.8 Å². The van der Waals surface area contributed by atoms with Gasteiger partial charge in [0.2, 0.25) is 0 Å². The summed E-state index contributed by atoms with van der Waals surface area (Å²) in [6, 6.07) is 0. The molecule has 0 bridgehead atoms. The monoisotopic (exact) mass is 194 g/mol. The van der Waals surface area contributed by atoms with Crippen LogP contribution in [0.15, 0.2) is 11.8 Å². The van der Waals surface area contributed by atoms with Crippen LogP contribution in [0.25, 0.3) is 0 Å². The molecule has 14 heavy (non-hydrogen) atoms. The van der Waals surface area contributed by atoms with Crippen molar-refractivity contribution in [2.24, 2.45) is 17.3 Å². The second-order valence-corrected chi connectivity index (χ2v) is 5.43. The van der Waals surface area contributed by atoms with Gasteiger partial charge in [0.05, 0.1) is 13.4 Å². The molecule has 0 radical (unpaired) electrons. The lowest BCUT2D eigenvalue weighted by atomic mass is 9.63. The Hall–Kier alpha value is -0.460. The summed E-state index contributed by atoms with van der Waals surface area (Å²) >= 11 is 0. The van der Waals surface area contributed by atoms with Gasteiger partial charge in [-0.3, -0.25) is 0 Å². The average Bonchev–Trinajstić information content (AvgIpc) is 2.45. The Bertz CT molecular complexity index is 244. The molecule has 0 aliphatic heterocycles. The molecular formula is C13H22O. The molecule has 80 valence electrons. The summed E-state index contributed by atoms with van der Waals surface area (Å²) in [6.07, 6.45) is 8.83. The number of rotatable bonds is 1. The lowest BCUT2D eigenvalue weighted by molar-refractivity contribution is 0.0818. The van der Waals surface area contributed by atoms with Crippen molar-refractivity contribution < 1.29 is 4.74 Å². The molecule has 0 aromatic heterocycles. The fourth-order valence-corrected chi connectivity index (χ4v) is 3.52. The van der Waals surface area contributed by atoms with Gasteiger partial charge in [-0.1, -0.05) is 26.7 Å². The Balaban J connectivity index is 2.17. The third-order valence-corrected chi connectivity index (χ3v) is 4.65. The third-order valence-electron chi connectivity index (χ3n) is 4.65. The Morgan fingerprint density at radius 1 is 1.43 bits per heavy atom. The maximum atomic E-state index is 5.15. The number of hydrogen-bond donors (Lipinski definition) is 0. The first-order valence-corrected chi connectivity index (χ1v) is 5.87. The summed E-state index contributed by atoms with van der Waals surface area (Å²) in [5.41, 5.74) is 2.11. The summed E-state index contributed by atoms with van der Waals surface area (Å²) < 4.78 is 5.15. The van der Waals surface area contributed by atoms with Crippen molar-refractivity contribution in [1.29, 1.82) is 0 Å². The van der Waals surface area contributed by atoms with E-state index in [1.54, 1.807) is 7.11 Å². The molecule has 0 unspecified atom stereocenters. The molecule has 0 saturated heterocycles. The molecule has 0 aromatic rings. The highest BCUT2D eigenvalue weighted by molar-refractivity contribution is 5.15. The van der Waals surface area contributed by atoms with Gasteiger partial charge in [0.15, 0.2) is 0 Å². The quantitative estimate of drug-likeness (QED) is 0.578. The van der Waals surface area contributed by atoms with Crippen LogP contribution in [0, 0.1) is 17.3 Å². The van der Waals surface area contributed by atoms with Crippen molar-refractivity contribution in [1.82, 2.24) is 0 Å². The van der Waals surface area contributed by atoms with Crippen molar-refractivity contribution in [3.63, 3.8) is 0 Å². The Morgan fingerprint density at radius 2 is 2.21 bits per heavy atom. The topological polar surface area (TPSA) is 9.23 Å². The highest BCUT2D eigenvalue weighted by atomic mass is 16.5. The molecule has 1 nitrogen and oxygen atoms in total. The second-order valence-electron chi connectivity index (χ2n) is 5.43. The van der Waals surface area contributed by atoms with Gasteiger partial charge in [0.1, 0.15) is 0 Å². The van der Waals surface area contributed by atoms with Crippen molar-refractivity contribution in [2.45, 2.75) is 46.0 Å². The minimum absolute atomic E-state index is 0.572. The molecule has 2 saturated carbocycles. The van der Waals surface area contributed by atoms with Crippen molar-refractivity contribution >= 4 is 0 Å². The second kappa shape index (κ2) is 3.60. The van der Waals surface area contributed by atoms with Gasteiger partial charge < -0.3 is 4.74 Å². The number of ether oxygens (including phenoxy) is 1. The minimum atomic E-state index is 0.572. The van der Waals surface area contributed by atoms with E-state index in [2.05, 4.69) is 13.8 Å². The fourth-order valence-electron chi connectivity index (χ4n) is 3.52. The van der Waals surface area contributed by atoms with Crippen LogP contribution in [0.2, 0.25) is 0 Å². The van der Waals surface area contributed by atoms with Crippen LogP contribution in [0.1, 0.15) is 46.0 Å². The molecule has 2 fully saturated rings. The van der Waals surface area contributed by atoms with Crippen molar-refractivity contribution in [3.8, 4) is 0 Å². The zero-order valence-electron chi connectivity index (χ0n) is 9.68. The molecule has 1 heteroatoms. The number of fused-ring (bicyclic) bond motifs is 1. The Kier molecular flexibility index (Phi) is 2.59. The number of methoxy groups -OCH3 is 1. The zero-order valence-corrected chi connectivity index (χ0v) is 9.68. The maximum Gasteiger partial charge on any atom is 0.0816 e. The van der Waals surface area contributed by atoms with Gasteiger partial charge in [-0.2, -0.15) is 0 Å². The van der Waals surface area contributed by atoms with Crippen LogP contribution in [-0.4, -0.2) is 7.11 Å². The largest absolute Gasteiger partial charge is 0.504 e. The van der Waals surface area contributed by atoms with Crippen LogP contribution in [0.3, 0.4) is 0 Å². The van der Waals surface area contributed by atoms with Gasteiger partial charge in [0, 0.05) is 0 Å². The van der Waals surface area contributed by atoms with Gasteiger partial charge in [0.25, 0.3) is 0 Å². The first-order valence-electron chi connectivity index (χ1n) is 5.87. The molecule has 0 amide bonds. The normalized spacial score (nSPS) is 45.2. The standard InChI is InChI=1S/C13H22O/c1-10-5-4-6-12-7-11(9-14-3)8-13(10,12)2/h9-10,12H,4-8H2,1-3H3/b11-9+/t10-,12-,13-/m0/s1. The molecule has 0 heterocycles. The van der Waals surface area contributed by atoms with E-state index in [0.717, 1.165) is 11.8 Å². The van der Waals surface area contributed by atoms with E-state index in [4.69, 9.17) is 4.74 Å². The van der Waals surface area contributed by atoms with Crippen LogP contribution in [0.4, 0.5) is 0 Å². The third kappa shape index (κ3) is 1.47. The smallest absolute Gasteiger partial charge is 0.0816 e. The SMILES string of the molecule is CO/C=C1\C[C@@H]2CCC[C@H](C)[C@]2(C)C1. The summed E-state index contributed by atoms with van der Waals surface area (Å²) in [5.74, 6) is 1.82. The van der Waals surface area contributed by atoms with Crippen LogP contribution in [-0.2, 0) is 4.74 Å². The van der Waals surface area contributed by atoms with Crippen LogP contribution < -0.4 is 0 Å². The van der Waals surface area contributed by atoms with E-state index >= 15 is 0 Å². The summed E-state index contributed by atoms with van der Waals surface area (Å²) in [6.45, 7) is 4.92. The highest BCUT2D eigenvalue weighted by Gasteiger charge is 2.46. The van der Waals surface area contributed by atoms with E-state index in [1.165, 1.54) is 37.7 Å². The van der Waals surface area contributed by atoms with Gasteiger partial charge in [-0.05, 0) is 42.1 Å². The molecule has 0 spiro atoms. The molecule has 3 atom stereocenters. The lowest BCUT2D eigenvalue weighted by Gasteiger charge is -2.41. The zero-order chi connectivity index (χ0) is 10.2. The molecular weight excluding hydrogens is 172 g/mol. The van der Waals surface area contributed by atoms with Crippen LogP contribution >= 0.6 is 0 Å². The van der Waals surface area contributed by atoms with E-state index in [1.807, 2.05) is 6.26 Å². The minimum Gasteiger partial charge on any atom is -0.504 e. The Morgan fingerprint density at radius 3 is 2.86 bits per heavy atom. The van der Waals surface area contributed by atoms with E-state index < -0.39 is 0 Å². The Labute approximate surface area is 87.5 Å². The first kappa shape index (κ1) is 10.1. The molecule has 2 rings (SSSR count). The van der Waals surface area contributed by atoms with Crippen LogP contribution in [0.5, 0.6) is 0 Å². The predicted octanol–water partition coefficient (Wildman–Crippen LogP) is 3.75. The molecule has 0 aromatic carbocycles.